The third-order valence-corrected chi connectivity index (χ3v) is 6.38. The number of nitrogens with two attached hydrogens (primary N) is 2. The van der Waals surface area contributed by atoms with E-state index in [2.05, 4.69) is 15.0 Å². The van der Waals surface area contributed by atoms with Crippen LogP contribution in [0.5, 0.6) is 0 Å². The monoisotopic (exact) mass is 486 g/mol. The summed E-state index contributed by atoms with van der Waals surface area (Å²) in [7, 11) is -3.99. The maximum absolute atomic E-state index is 12.1. The van der Waals surface area contributed by atoms with Crippen LogP contribution < -0.4 is 11.0 Å². The first-order valence-electron chi connectivity index (χ1n) is 9.67. The molecule has 170 valence electrons. The van der Waals surface area contributed by atoms with Crippen molar-refractivity contribution in [3.05, 3.63) is 48.0 Å². The molecule has 1 aromatic heterocycles. The molecule has 3 aromatic carbocycles. The predicted molar refractivity (Wildman–Crippen MR) is 123 cm³/mol. The summed E-state index contributed by atoms with van der Waals surface area (Å²) >= 11 is 0.832. The summed E-state index contributed by atoms with van der Waals surface area (Å²) in [4.78, 5) is 25.3. The van der Waals surface area contributed by atoms with E-state index in [0.29, 0.717) is 43.8 Å². The van der Waals surface area contributed by atoms with E-state index in [1.807, 2.05) is 13.8 Å². The molecule has 1 aliphatic carbocycles. The minimum absolute atomic E-state index is 0.0740. The van der Waals surface area contributed by atoms with Gasteiger partial charge in [-0.1, -0.05) is 13.8 Å². The van der Waals surface area contributed by atoms with Gasteiger partial charge in [0.1, 0.15) is 0 Å². The van der Waals surface area contributed by atoms with E-state index in [0.717, 1.165) is 17.4 Å². The second-order valence-electron chi connectivity index (χ2n) is 6.76. The number of primary sulfonamides is 1. The van der Waals surface area contributed by atoms with Gasteiger partial charge < -0.3 is 5.11 Å². The number of benzene rings is 3. The molecule has 0 aliphatic heterocycles. The highest BCUT2D eigenvalue weighted by molar-refractivity contribution is 7.94. The van der Waals surface area contributed by atoms with Crippen molar-refractivity contribution < 1.29 is 27.6 Å². The summed E-state index contributed by atoms with van der Waals surface area (Å²) in [5.41, 5.74) is 3.15. The van der Waals surface area contributed by atoms with Gasteiger partial charge in [-0.3, -0.25) is 0 Å². The fourth-order valence-electron chi connectivity index (χ4n) is 3.67. The number of hydrogen-bond donors (Lipinski definition) is 3. The van der Waals surface area contributed by atoms with Crippen molar-refractivity contribution in [1.82, 2.24) is 9.97 Å². The summed E-state index contributed by atoms with van der Waals surface area (Å²) in [6.45, 7) is 4.00. The van der Waals surface area contributed by atoms with Crippen molar-refractivity contribution in [2.24, 2.45) is 11.0 Å². The molecule has 0 atom stereocenters. The van der Waals surface area contributed by atoms with Gasteiger partial charge in [-0.15, -0.1) is 9.32 Å². The molecule has 5 N–H and O–H groups in total. The Labute approximate surface area is 192 Å². The maximum atomic E-state index is 12.1. The first-order valence-corrected chi connectivity index (χ1v) is 12.0. The quantitative estimate of drug-likeness (QED) is 0.189. The molecule has 5 rings (SSSR count). The number of fused-ring (bicyclic) bond motifs is 4. The fraction of sp³-hybridized carbons (Fsp3) is 0.0952. The zero-order valence-corrected chi connectivity index (χ0v) is 19.0. The largest absolute Gasteiger partial charge is 0.478 e. The summed E-state index contributed by atoms with van der Waals surface area (Å²) in [6, 6.07) is 10.8. The molecule has 0 radical (unpaired) electrons. The number of rotatable bonds is 5. The molecule has 0 fully saturated rings. The van der Waals surface area contributed by atoms with Crippen LogP contribution in [0.2, 0.25) is 0 Å². The number of carbonyl (C=O) groups is 1. The Morgan fingerprint density at radius 1 is 1.00 bits per heavy atom. The maximum Gasteiger partial charge on any atom is 0.335 e. The average Bonchev–Trinajstić information content (AvgIpc) is 3.10. The standard InChI is InChI=1S/C19H12N4O6S2.C2H6/c20-28-29-30-10-3-9-4-11(31(21,26)27)7-13-16(9)12(6-10)17-18(13)22-14-2-1-8(19(24)25)5-15(14)23-17;1-2/h1-7H,20H2,(H,24,25)(H2,21,26,27);1-2H3. The van der Waals surface area contributed by atoms with Crippen molar-refractivity contribution in [2.45, 2.75) is 23.6 Å². The zero-order chi connectivity index (χ0) is 23.9. The Balaban J connectivity index is 0.00000126. The number of sulfonamides is 1. The van der Waals surface area contributed by atoms with Crippen LogP contribution in [0.3, 0.4) is 0 Å². The van der Waals surface area contributed by atoms with Gasteiger partial charge in [-0.05, 0) is 47.9 Å². The number of aromatic carboxylic acids is 1. The topological polar surface area (TPSA) is 168 Å². The molecule has 0 saturated carbocycles. The molecule has 0 spiro atoms. The van der Waals surface area contributed by atoms with Crippen LogP contribution >= 0.6 is 12.0 Å². The van der Waals surface area contributed by atoms with Crippen LogP contribution in [0, 0.1) is 0 Å². The Bertz CT molecular complexity index is 1540. The van der Waals surface area contributed by atoms with Crippen LogP contribution in [0.15, 0.2) is 52.3 Å². The number of aromatic nitrogens is 2. The molecule has 0 saturated heterocycles. The Hall–Kier alpha value is -3.13. The van der Waals surface area contributed by atoms with Crippen LogP contribution in [0.4, 0.5) is 0 Å². The minimum atomic E-state index is -3.99. The predicted octanol–water partition coefficient (Wildman–Crippen LogP) is 3.63. The molecule has 33 heavy (non-hydrogen) atoms. The van der Waals surface area contributed by atoms with Gasteiger partial charge in [0.2, 0.25) is 10.0 Å². The third-order valence-electron chi connectivity index (χ3n) is 4.92. The van der Waals surface area contributed by atoms with Crippen molar-refractivity contribution in [3.63, 3.8) is 0 Å². The van der Waals surface area contributed by atoms with Crippen molar-refractivity contribution in [1.29, 1.82) is 0 Å². The normalized spacial score (nSPS) is 11.9. The second-order valence-corrected chi connectivity index (χ2v) is 9.10. The van der Waals surface area contributed by atoms with Gasteiger partial charge in [0, 0.05) is 21.4 Å². The van der Waals surface area contributed by atoms with E-state index in [4.69, 9.17) is 15.4 Å². The number of carboxylic acids is 1. The molecule has 0 amide bonds. The molecule has 4 aromatic rings. The van der Waals surface area contributed by atoms with Crippen LogP contribution in [-0.2, 0) is 19.3 Å². The van der Waals surface area contributed by atoms with Gasteiger partial charge in [-0.25, -0.2) is 28.3 Å². The molecule has 0 unspecified atom stereocenters. The summed E-state index contributed by atoms with van der Waals surface area (Å²) in [5.74, 6) is 3.84. The first kappa shape index (κ1) is 23.0. The average molecular weight is 487 g/mol. The van der Waals surface area contributed by atoms with Gasteiger partial charge in [0.25, 0.3) is 0 Å². The van der Waals surface area contributed by atoms with Gasteiger partial charge in [0.15, 0.2) is 0 Å². The van der Waals surface area contributed by atoms with E-state index >= 15 is 0 Å². The first-order chi connectivity index (χ1) is 15.8. The Morgan fingerprint density at radius 2 is 1.67 bits per heavy atom. The van der Waals surface area contributed by atoms with Crippen LogP contribution in [-0.4, -0.2) is 29.5 Å². The van der Waals surface area contributed by atoms with E-state index in [1.165, 1.54) is 24.3 Å². The molecular formula is C21H18N4O6S2. The molecule has 1 heterocycles. The summed E-state index contributed by atoms with van der Waals surface area (Å²) < 4.78 is 28.9. The summed E-state index contributed by atoms with van der Waals surface area (Å²) in [6.07, 6.45) is 0. The highest BCUT2D eigenvalue weighted by Crippen LogP contribution is 2.48. The third kappa shape index (κ3) is 4.04. The summed E-state index contributed by atoms with van der Waals surface area (Å²) in [5, 5.41) is 16.0. The number of carboxylic acid groups (broad SMARTS) is 1. The molecule has 0 bridgehead atoms. The SMILES string of the molecule is CC.NOOSc1cc2c3c(cc(S(N)(=O)=O)cc3c1)-c1nc3ccc(C(=O)O)cc3nc1-2. The highest BCUT2D eigenvalue weighted by atomic mass is 32.2. The highest BCUT2D eigenvalue weighted by Gasteiger charge is 2.28. The minimum Gasteiger partial charge on any atom is -0.478 e. The van der Waals surface area contributed by atoms with E-state index in [9.17, 15) is 18.3 Å². The molecule has 10 nitrogen and oxygen atoms in total. The van der Waals surface area contributed by atoms with Gasteiger partial charge in [-0.2, -0.15) is 5.90 Å². The van der Waals surface area contributed by atoms with Crippen LogP contribution in [0.1, 0.15) is 24.2 Å². The number of nitrogens with zero attached hydrogens (tertiary/aromatic N) is 2. The lowest BCUT2D eigenvalue weighted by molar-refractivity contribution is -0.195. The fourth-order valence-corrected chi connectivity index (χ4v) is 4.70. The van der Waals surface area contributed by atoms with Crippen LogP contribution in [0.25, 0.3) is 44.3 Å². The Morgan fingerprint density at radius 3 is 2.30 bits per heavy atom. The number of hydrogen-bond acceptors (Lipinski definition) is 9. The van der Waals surface area contributed by atoms with Gasteiger partial charge in [0.05, 0.1) is 44.9 Å². The second kappa shape index (κ2) is 8.67. The smallest absolute Gasteiger partial charge is 0.335 e. The van der Waals surface area contributed by atoms with Crippen molar-refractivity contribution in [3.8, 4) is 22.5 Å². The molecule has 1 aliphatic rings. The van der Waals surface area contributed by atoms with Gasteiger partial charge >= 0.3 is 5.97 Å². The zero-order valence-electron chi connectivity index (χ0n) is 17.4. The van der Waals surface area contributed by atoms with Crippen molar-refractivity contribution in [2.75, 3.05) is 0 Å². The molecular weight excluding hydrogens is 468 g/mol. The molecule has 12 heteroatoms. The van der Waals surface area contributed by atoms with E-state index in [1.54, 1.807) is 18.2 Å². The van der Waals surface area contributed by atoms with E-state index in [-0.39, 0.29) is 10.5 Å². The van der Waals surface area contributed by atoms with E-state index < -0.39 is 16.0 Å². The lowest BCUT2D eigenvalue weighted by Gasteiger charge is -2.07. The Kier molecular flexibility index (Phi) is 6.05. The lowest BCUT2D eigenvalue weighted by atomic mass is 10.0. The lowest BCUT2D eigenvalue weighted by Crippen LogP contribution is -2.12. The van der Waals surface area contributed by atoms with Crippen molar-refractivity contribution >= 4 is 49.8 Å².